The fraction of sp³-hybridized carbons (Fsp3) is 0.667. The highest BCUT2D eigenvalue weighted by molar-refractivity contribution is 14.1. The number of amides is 8. The quantitative estimate of drug-likeness (QED) is 0.0418. The van der Waals surface area contributed by atoms with Crippen LogP contribution in [0.5, 0.6) is 0 Å². The van der Waals surface area contributed by atoms with Gasteiger partial charge in [0.25, 0.3) is 0 Å². The zero-order chi connectivity index (χ0) is 35.7. The molecule has 5 N–H and O–H groups in total. The van der Waals surface area contributed by atoms with Gasteiger partial charge in [0, 0.05) is 31.7 Å². The molecule has 8 unspecified atom stereocenters. The van der Waals surface area contributed by atoms with Gasteiger partial charge in [0.1, 0.15) is 12.1 Å². The zero-order valence-electron chi connectivity index (χ0n) is 26.4. The van der Waals surface area contributed by atoms with Gasteiger partial charge in [-0.25, -0.2) is 0 Å². The lowest BCUT2D eigenvalue weighted by Crippen LogP contribution is -2.55. The van der Waals surface area contributed by atoms with Gasteiger partial charge in [-0.2, -0.15) is 23.2 Å². The summed E-state index contributed by atoms with van der Waals surface area (Å²) in [6.07, 6.45) is -1.89. The summed E-state index contributed by atoms with van der Waals surface area (Å²) in [6.45, 7) is 5.95. The van der Waals surface area contributed by atoms with Crippen molar-refractivity contribution in [2.75, 3.05) is 7.05 Å². The molecule has 2 rings (SSSR count). The van der Waals surface area contributed by atoms with Crippen LogP contribution in [-0.2, 0) is 38.4 Å². The van der Waals surface area contributed by atoms with Crippen LogP contribution in [-0.4, -0.2) is 112 Å². The van der Waals surface area contributed by atoms with Crippen LogP contribution in [0, 0.1) is 0 Å². The number of imide groups is 2. The number of likely N-dealkylation sites (tertiary alicyclic amines) is 2. The highest BCUT2D eigenvalue weighted by Gasteiger charge is 2.45. The molecule has 0 bridgehead atoms. The third-order valence-corrected chi connectivity index (χ3v) is 11.8. The van der Waals surface area contributed by atoms with E-state index in [0.717, 1.165) is 9.80 Å². The molecule has 2 saturated heterocycles. The maximum atomic E-state index is 12.8. The highest BCUT2D eigenvalue weighted by Crippen LogP contribution is 2.33. The second-order valence-electron chi connectivity index (χ2n) is 10.9. The largest absolute Gasteiger partial charge is 0.336 e. The predicted molar refractivity (Wildman–Crippen MR) is 207 cm³/mol. The Bertz CT molecular complexity index is 1170. The molecule has 0 aliphatic carbocycles. The van der Waals surface area contributed by atoms with Gasteiger partial charge in [0.2, 0.25) is 47.3 Å². The Morgan fingerprint density at radius 1 is 0.745 bits per heavy atom. The Morgan fingerprint density at radius 2 is 1.09 bits per heavy atom. The smallest absolute Gasteiger partial charge is 0.303 e. The van der Waals surface area contributed by atoms with Crippen molar-refractivity contribution in [3.05, 3.63) is 0 Å². The van der Waals surface area contributed by atoms with Gasteiger partial charge < -0.3 is 26.6 Å². The lowest BCUT2D eigenvalue weighted by atomic mass is 10.1. The first-order valence-corrected chi connectivity index (χ1v) is 20.3. The van der Waals surface area contributed by atoms with Gasteiger partial charge in [0.15, 0.2) is 0 Å². The number of hydrogen-bond donors (Lipinski definition) is 5. The standard InChI is InChI=1S/C24H39B2I2N7O8P2S2/c1-10(34-19(38)8-15(23(34)42)46-25(27)44)21(40)32-12(3)30-17(36)6-14(29-5)7-18(37)31-13(4)33-22(41)11(2)35-20(39)9-16(24(35)43)47-26(28)45/h10-16,29H,6-9,44-45H2,1-5H3,(H,30,36)(H,31,37)(H,32,40)(H,33,41). The summed E-state index contributed by atoms with van der Waals surface area (Å²) in [5.41, 5.74) is 0. The van der Waals surface area contributed by atoms with Crippen LogP contribution in [0.1, 0.15) is 53.4 Å². The van der Waals surface area contributed by atoms with E-state index in [9.17, 15) is 38.4 Å². The van der Waals surface area contributed by atoms with Crippen LogP contribution in [0.3, 0.4) is 0 Å². The minimum atomic E-state index is -1.06. The average molecular weight is 955 g/mol. The SMILES string of the molecule is CNC(CC(=O)NC(C)NC(=O)C(C)N1C(=O)CC(SB(P)I)C1=O)CC(=O)NC(C)NC(=O)C(C)N1C(=O)CC(SB(P)I)C1=O. The molecule has 0 aromatic carbocycles. The molecule has 2 aliphatic rings. The van der Waals surface area contributed by atoms with Crippen molar-refractivity contribution >= 4 is 141 Å². The third-order valence-electron chi connectivity index (χ3n) is 7.15. The molecule has 0 aromatic heterocycles. The first-order chi connectivity index (χ1) is 21.9. The summed E-state index contributed by atoms with van der Waals surface area (Å²) in [6, 6.07) is -2.72. The molecule has 8 atom stereocenters. The lowest BCUT2D eigenvalue weighted by molar-refractivity contribution is -0.146. The van der Waals surface area contributed by atoms with Crippen molar-refractivity contribution in [3.63, 3.8) is 0 Å². The molecule has 47 heavy (non-hydrogen) atoms. The number of halogens is 2. The average Bonchev–Trinajstić information content (AvgIpc) is 3.37. The highest BCUT2D eigenvalue weighted by atomic mass is 127. The Balaban J connectivity index is 1.81. The lowest BCUT2D eigenvalue weighted by Gasteiger charge is -2.25. The fourth-order valence-electron chi connectivity index (χ4n) is 4.88. The van der Waals surface area contributed by atoms with E-state index in [1.54, 1.807) is 7.05 Å². The van der Waals surface area contributed by atoms with Crippen LogP contribution in [0.2, 0.25) is 0 Å². The molecule has 0 saturated carbocycles. The zero-order valence-corrected chi connectivity index (χ0v) is 34.7. The maximum Gasteiger partial charge on any atom is 0.303 e. The summed E-state index contributed by atoms with van der Waals surface area (Å²) >= 11 is 6.87. The molecular formula is C24H39B2I2N7O8P2S2. The molecule has 0 aromatic rings. The summed E-state index contributed by atoms with van der Waals surface area (Å²) in [4.78, 5) is 103. The van der Waals surface area contributed by atoms with Gasteiger partial charge >= 0.3 is 7.13 Å². The maximum absolute atomic E-state index is 12.8. The van der Waals surface area contributed by atoms with Gasteiger partial charge in [-0.3, -0.25) is 48.2 Å². The molecular weight excluding hydrogens is 916 g/mol. The van der Waals surface area contributed by atoms with Crippen molar-refractivity contribution < 1.29 is 38.4 Å². The van der Waals surface area contributed by atoms with Crippen LogP contribution in [0.4, 0.5) is 0 Å². The second-order valence-corrected chi connectivity index (χ2v) is 23.0. The second kappa shape index (κ2) is 19.6. The molecule has 23 heteroatoms. The molecule has 8 amide bonds. The first-order valence-electron chi connectivity index (χ1n) is 14.5. The monoisotopic (exact) mass is 955 g/mol. The normalized spacial score (nSPS) is 21.1. The van der Waals surface area contributed by atoms with E-state index >= 15 is 0 Å². The third kappa shape index (κ3) is 12.8. The van der Waals surface area contributed by atoms with Crippen molar-refractivity contribution in [2.24, 2.45) is 0 Å². The molecule has 15 nitrogen and oxygen atoms in total. The molecule has 0 spiro atoms. The minimum absolute atomic E-state index is 0.0165. The number of nitrogens with one attached hydrogen (secondary N) is 5. The molecule has 260 valence electrons. The number of hydrogen-bond acceptors (Lipinski definition) is 11. The van der Waals surface area contributed by atoms with Crippen molar-refractivity contribution in [1.82, 2.24) is 36.4 Å². The summed E-state index contributed by atoms with van der Waals surface area (Å²) in [5, 5.41) is 12.2. The molecule has 2 fully saturated rings. The number of rotatable bonds is 17. The number of nitrogens with zero attached hydrogens (tertiary/aromatic N) is 2. The van der Waals surface area contributed by atoms with Crippen LogP contribution < -0.4 is 26.6 Å². The number of carbonyl (C=O) groups is 8. The molecule has 2 heterocycles. The Labute approximate surface area is 314 Å². The summed E-state index contributed by atoms with van der Waals surface area (Å²) in [7, 11) is 6.66. The van der Waals surface area contributed by atoms with Crippen molar-refractivity contribution in [1.29, 1.82) is 0 Å². The van der Waals surface area contributed by atoms with Crippen LogP contribution in [0.15, 0.2) is 0 Å². The van der Waals surface area contributed by atoms with E-state index in [0.29, 0.717) is 0 Å². The van der Waals surface area contributed by atoms with E-state index < -0.39 is 88.2 Å². The Hall–Kier alpha value is -0.730. The number of carbonyl (C=O) groups excluding carboxylic acids is 8. The van der Waals surface area contributed by atoms with Gasteiger partial charge in [0.05, 0.1) is 22.8 Å². The van der Waals surface area contributed by atoms with E-state index in [2.05, 4.69) is 89.6 Å². The van der Waals surface area contributed by atoms with Crippen LogP contribution in [0.25, 0.3) is 0 Å². The minimum Gasteiger partial charge on any atom is -0.336 e. The fourth-order valence-corrected chi connectivity index (χ4v) is 9.71. The Kier molecular flexibility index (Phi) is 17.7. The van der Waals surface area contributed by atoms with E-state index in [1.165, 1.54) is 50.9 Å². The molecule has 2 aliphatic heterocycles. The van der Waals surface area contributed by atoms with Crippen molar-refractivity contribution in [2.45, 2.75) is 94.3 Å². The topological polar surface area (TPSA) is 203 Å². The van der Waals surface area contributed by atoms with Crippen LogP contribution >= 0.6 is 86.2 Å². The predicted octanol–water partition coefficient (Wildman–Crippen LogP) is -0.400. The van der Waals surface area contributed by atoms with E-state index in [4.69, 9.17) is 0 Å². The summed E-state index contributed by atoms with van der Waals surface area (Å²) in [5.74, 6) is -3.88. The van der Waals surface area contributed by atoms with E-state index in [-0.39, 0.29) is 32.8 Å². The van der Waals surface area contributed by atoms with Gasteiger partial charge in [-0.05, 0) is 34.7 Å². The van der Waals surface area contributed by atoms with Crippen molar-refractivity contribution in [3.8, 4) is 0 Å². The first kappa shape index (κ1) is 42.4. The molecule has 0 radical (unpaired) electrons. The van der Waals surface area contributed by atoms with Gasteiger partial charge in [-0.15, -0.1) is 63.0 Å². The summed E-state index contributed by atoms with van der Waals surface area (Å²) < 4.78 is 0.0585. The van der Waals surface area contributed by atoms with E-state index in [1.807, 2.05) is 0 Å². The Morgan fingerprint density at radius 3 is 1.38 bits per heavy atom. The van der Waals surface area contributed by atoms with Gasteiger partial charge in [-0.1, -0.05) is 0 Å².